The Labute approximate surface area is 184 Å². The third-order valence-corrected chi connectivity index (χ3v) is 6.91. The largest absolute Gasteiger partial charge is 0.436 e. The van der Waals surface area contributed by atoms with E-state index in [-0.39, 0.29) is 0 Å². The van der Waals surface area contributed by atoms with Crippen molar-refractivity contribution < 1.29 is 8.98 Å². The maximum absolute atomic E-state index is 5.97. The van der Waals surface area contributed by atoms with E-state index < -0.39 is 0 Å². The van der Waals surface area contributed by atoms with Crippen LogP contribution in [-0.4, -0.2) is 12.0 Å². The smallest absolute Gasteiger partial charge is 0.227 e. The second-order valence-corrected chi connectivity index (χ2v) is 8.77. The zero-order valence-corrected chi connectivity index (χ0v) is 18.1. The average Bonchev–Trinajstić information content (AvgIpc) is 3.37. The third-order valence-electron chi connectivity index (χ3n) is 5.76. The van der Waals surface area contributed by atoms with Crippen LogP contribution in [0.25, 0.3) is 39.5 Å². The first kappa shape index (κ1) is 18.2. The van der Waals surface area contributed by atoms with Crippen LogP contribution >= 0.6 is 11.8 Å². The van der Waals surface area contributed by atoms with Crippen LogP contribution in [-0.2, 0) is 7.05 Å². The van der Waals surface area contributed by atoms with Crippen molar-refractivity contribution in [3.8, 4) is 11.5 Å². The second kappa shape index (κ2) is 7.00. The fraction of sp³-hybridized carbons (Fsp3) is 0.0769. The maximum Gasteiger partial charge on any atom is 0.227 e. The van der Waals surface area contributed by atoms with Crippen LogP contribution in [0.4, 0.5) is 5.69 Å². The third kappa shape index (κ3) is 3.01. The average molecular weight is 423 g/mol. The van der Waals surface area contributed by atoms with Gasteiger partial charge in [-0.15, -0.1) is 0 Å². The summed E-state index contributed by atoms with van der Waals surface area (Å²) in [5.74, 6) is 0.659. The van der Waals surface area contributed by atoms with E-state index in [1.165, 1.54) is 32.1 Å². The van der Waals surface area contributed by atoms with Gasteiger partial charge in [0, 0.05) is 29.6 Å². The summed E-state index contributed by atoms with van der Waals surface area (Å²) in [6.07, 6.45) is 4.39. The van der Waals surface area contributed by atoms with Crippen LogP contribution in [0, 0.1) is 0 Å². The first-order chi connectivity index (χ1) is 15.2. The summed E-state index contributed by atoms with van der Waals surface area (Å²) in [6, 6.07) is 25.0. The number of aryl methyl sites for hydroxylation is 1. The first-order valence-corrected chi connectivity index (χ1v) is 11.0. The molecule has 150 valence electrons. The van der Waals surface area contributed by atoms with Crippen molar-refractivity contribution >= 4 is 45.5 Å². The molecule has 2 aromatic heterocycles. The number of benzene rings is 3. The Morgan fingerprint density at radius 1 is 1.00 bits per heavy atom. The molecule has 0 atom stereocenters. The summed E-state index contributed by atoms with van der Waals surface area (Å²) in [4.78, 5) is 8.11. The lowest BCUT2D eigenvalue weighted by atomic mass is 10.1. The fourth-order valence-electron chi connectivity index (χ4n) is 4.07. The van der Waals surface area contributed by atoms with Crippen molar-refractivity contribution in [2.45, 2.75) is 4.90 Å². The van der Waals surface area contributed by atoms with Crippen LogP contribution in [0.5, 0.6) is 0 Å². The Morgan fingerprint density at radius 2 is 1.84 bits per heavy atom. The normalized spacial score (nSPS) is 14.6. The molecule has 31 heavy (non-hydrogen) atoms. The predicted octanol–water partition coefficient (Wildman–Crippen LogP) is 6.01. The van der Waals surface area contributed by atoms with Crippen molar-refractivity contribution in [3.63, 3.8) is 0 Å². The monoisotopic (exact) mass is 422 g/mol. The minimum atomic E-state index is 0.659. The molecule has 1 aliphatic rings. The number of hydrogen-bond donors (Lipinski definition) is 0. The van der Waals surface area contributed by atoms with Crippen LogP contribution in [0.15, 0.2) is 93.3 Å². The highest BCUT2D eigenvalue weighted by Crippen LogP contribution is 2.47. The Kier molecular flexibility index (Phi) is 4.11. The van der Waals surface area contributed by atoms with E-state index in [0.717, 1.165) is 16.7 Å². The van der Waals surface area contributed by atoms with Crippen molar-refractivity contribution in [2.75, 3.05) is 11.9 Å². The molecule has 4 nitrogen and oxygen atoms in total. The van der Waals surface area contributed by atoms with Gasteiger partial charge in [-0.1, -0.05) is 36.0 Å². The number of fused-ring (bicyclic) bond motifs is 3. The van der Waals surface area contributed by atoms with Gasteiger partial charge >= 0.3 is 0 Å². The van der Waals surface area contributed by atoms with Gasteiger partial charge in [-0.3, -0.25) is 0 Å². The molecular formula is C26H20N3OS+. The van der Waals surface area contributed by atoms with Crippen molar-refractivity contribution in [1.29, 1.82) is 0 Å². The molecule has 0 N–H and O–H groups in total. The molecule has 5 aromatic rings. The highest BCUT2D eigenvalue weighted by atomic mass is 32.2. The SMILES string of the molecule is CN1C(=Cc2cc[n+](C)c3ccccc23)Sc2cc(-c3nc4ccccc4o3)ccc21. The highest BCUT2D eigenvalue weighted by Gasteiger charge is 2.24. The zero-order valence-electron chi connectivity index (χ0n) is 17.2. The Bertz CT molecular complexity index is 1470. The van der Waals surface area contributed by atoms with E-state index in [2.05, 4.69) is 89.4 Å². The van der Waals surface area contributed by atoms with Crippen LogP contribution < -0.4 is 9.47 Å². The number of anilines is 1. The van der Waals surface area contributed by atoms with Gasteiger partial charge in [0.25, 0.3) is 0 Å². The number of hydrogen-bond acceptors (Lipinski definition) is 4. The van der Waals surface area contributed by atoms with Gasteiger partial charge in [-0.25, -0.2) is 9.55 Å². The molecule has 0 bridgehead atoms. The standard InChI is InChI=1S/C26H20N3OS/c1-28-14-13-17(19-7-3-5-9-21(19)28)16-25-29(2)22-12-11-18(15-24(22)31-25)26-27-20-8-4-6-10-23(20)30-26/h3-16H,1-2H3/q+1. The van der Waals surface area contributed by atoms with Crippen molar-refractivity contribution in [2.24, 2.45) is 7.05 Å². The summed E-state index contributed by atoms with van der Waals surface area (Å²) in [5, 5.41) is 2.45. The molecule has 0 saturated heterocycles. The molecule has 0 radical (unpaired) electrons. The summed E-state index contributed by atoms with van der Waals surface area (Å²) in [5.41, 5.74) is 6.32. The Balaban J connectivity index is 1.39. The minimum Gasteiger partial charge on any atom is -0.436 e. The van der Waals surface area contributed by atoms with Crippen LogP contribution in [0.1, 0.15) is 5.56 Å². The predicted molar refractivity (Wildman–Crippen MR) is 127 cm³/mol. The molecular weight excluding hydrogens is 402 g/mol. The molecule has 1 aliphatic heterocycles. The van der Waals surface area contributed by atoms with E-state index in [1.807, 2.05) is 24.3 Å². The molecule has 3 heterocycles. The van der Waals surface area contributed by atoms with Gasteiger partial charge in [-0.05, 0) is 48.0 Å². The lowest BCUT2D eigenvalue weighted by molar-refractivity contribution is -0.644. The molecule has 0 fully saturated rings. The Morgan fingerprint density at radius 3 is 2.74 bits per heavy atom. The molecule has 3 aromatic carbocycles. The number of para-hydroxylation sites is 3. The second-order valence-electron chi connectivity index (χ2n) is 7.71. The van der Waals surface area contributed by atoms with E-state index in [1.54, 1.807) is 11.8 Å². The molecule has 0 saturated carbocycles. The van der Waals surface area contributed by atoms with Gasteiger partial charge in [0.2, 0.25) is 11.4 Å². The topological polar surface area (TPSA) is 33.2 Å². The van der Waals surface area contributed by atoms with Crippen LogP contribution in [0.3, 0.4) is 0 Å². The van der Waals surface area contributed by atoms with Gasteiger partial charge < -0.3 is 9.32 Å². The van der Waals surface area contributed by atoms with Crippen molar-refractivity contribution in [1.82, 2.24) is 4.98 Å². The summed E-state index contributed by atoms with van der Waals surface area (Å²) in [7, 11) is 4.20. The first-order valence-electron chi connectivity index (χ1n) is 10.2. The lowest BCUT2D eigenvalue weighted by Gasteiger charge is -2.13. The molecule has 5 heteroatoms. The Hall–Kier alpha value is -3.57. The van der Waals surface area contributed by atoms with Crippen molar-refractivity contribution in [3.05, 3.63) is 89.6 Å². The quantitative estimate of drug-likeness (QED) is 0.326. The van der Waals surface area contributed by atoms with Crippen LogP contribution in [0.2, 0.25) is 0 Å². The van der Waals surface area contributed by atoms with E-state index in [4.69, 9.17) is 4.42 Å². The van der Waals surface area contributed by atoms with E-state index in [9.17, 15) is 0 Å². The summed E-state index contributed by atoms with van der Waals surface area (Å²) < 4.78 is 8.13. The van der Waals surface area contributed by atoms with Gasteiger partial charge in [0.15, 0.2) is 11.8 Å². The number of rotatable bonds is 2. The molecule has 0 unspecified atom stereocenters. The van der Waals surface area contributed by atoms with Gasteiger partial charge in [0.05, 0.1) is 16.1 Å². The highest BCUT2D eigenvalue weighted by molar-refractivity contribution is 8.03. The minimum absolute atomic E-state index is 0.659. The van der Waals surface area contributed by atoms with E-state index >= 15 is 0 Å². The fourth-order valence-corrected chi connectivity index (χ4v) is 5.22. The van der Waals surface area contributed by atoms with E-state index in [0.29, 0.717) is 5.89 Å². The van der Waals surface area contributed by atoms with Gasteiger partial charge in [-0.2, -0.15) is 0 Å². The summed E-state index contributed by atoms with van der Waals surface area (Å²) in [6.45, 7) is 0. The number of thioether (sulfide) groups is 1. The number of nitrogens with zero attached hydrogens (tertiary/aromatic N) is 3. The molecule has 0 amide bonds. The molecule has 6 rings (SSSR count). The zero-order chi connectivity index (χ0) is 20.9. The van der Waals surface area contributed by atoms with Gasteiger partial charge in [0.1, 0.15) is 12.6 Å². The molecule has 0 spiro atoms. The lowest BCUT2D eigenvalue weighted by Crippen LogP contribution is -2.28. The molecule has 0 aliphatic carbocycles. The maximum atomic E-state index is 5.97. The summed E-state index contributed by atoms with van der Waals surface area (Å²) >= 11 is 1.78. The number of pyridine rings is 1. The number of oxazole rings is 1. The number of aromatic nitrogens is 2.